The van der Waals surface area contributed by atoms with E-state index in [1.165, 1.54) is 14.0 Å². The normalized spacial score (nSPS) is 13.4. The van der Waals surface area contributed by atoms with Gasteiger partial charge in [-0.3, -0.25) is 14.2 Å². The Balaban J connectivity index is 2.47. The first-order valence-electron chi connectivity index (χ1n) is 11.9. The highest BCUT2D eigenvalue weighted by molar-refractivity contribution is 7.57. The molecule has 9 heteroatoms. The van der Waals surface area contributed by atoms with Crippen molar-refractivity contribution in [2.45, 2.75) is 52.7 Å². The molecule has 0 saturated carbocycles. The minimum atomic E-state index is -3.67. The Bertz CT molecular complexity index is 1180. The van der Waals surface area contributed by atoms with Crippen LogP contribution in [0.5, 0.6) is 11.5 Å². The van der Waals surface area contributed by atoms with Gasteiger partial charge in [0.15, 0.2) is 0 Å². The van der Waals surface area contributed by atoms with Crippen LogP contribution in [0.2, 0.25) is 0 Å². The number of esters is 2. The number of carbonyl (C=O) groups is 2. The molecule has 0 saturated heterocycles. The van der Waals surface area contributed by atoms with Crippen LogP contribution in [0, 0.1) is 0 Å². The molecule has 0 amide bonds. The van der Waals surface area contributed by atoms with Gasteiger partial charge in [-0.2, -0.15) is 0 Å². The van der Waals surface area contributed by atoms with Gasteiger partial charge in [-0.15, -0.1) is 13.2 Å². The van der Waals surface area contributed by atoms with Gasteiger partial charge in [0.05, 0.1) is 6.10 Å². The van der Waals surface area contributed by atoms with Crippen LogP contribution in [-0.4, -0.2) is 37.5 Å². The highest BCUT2D eigenvalue weighted by Crippen LogP contribution is 2.45. The van der Waals surface area contributed by atoms with Gasteiger partial charge < -0.3 is 18.7 Å². The lowest BCUT2D eigenvalue weighted by molar-refractivity contribution is -0.149. The average Bonchev–Trinajstić information content (AvgIpc) is 2.81. The lowest BCUT2D eigenvalue weighted by Crippen LogP contribution is -2.36. The van der Waals surface area contributed by atoms with Crippen molar-refractivity contribution in [1.29, 1.82) is 0 Å². The number of allylic oxidation sites excluding steroid dienone is 2. The van der Waals surface area contributed by atoms with Crippen LogP contribution in [-0.2, 0) is 36.5 Å². The molecule has 2 aromatic rings. The maximum absolute atomic E-state index is 13.6. The van der Waals surface area contributed by atoms with Gasteiger partial charge in [0.2, 0.25) is 0 Å². The Labute approximate surface area is 219 Å². The molecule has 0 fully saturated rings. The Morgan fingerprint density at radius 2 is 1.70 bits per heavy atom. The molecular weight excluding hydrogens is 493 g/mol. The smallest absolute Gasteiger partial charge is 0.342 e. The summed E-state index contributed by atoms with van der Waals surface area (Å²) in [6.45, 7) is 14.0. The Morgan fingerprint density at radius 1 is 1.03 bits per heavy atom. The molecule has 2 unspecified atom stereocenters. The van der Waals surface area contributed by atoms with Gasteiger partial charge in [0, 0.05) is 19.6 Å². The third kappa shape index (κ3) is 9.01. The maximum atomic E-state index is 13.6. The minimum absolute atomic E-state index is 0.262. The third-order valence-electron chi connectivity index (χ3n) is 5.05. The highest BCUT2D eigenvalue weighted by Gasteiger charge is 2.31. The summed E-state index contributed by atoms with van der Waals surface area (Å²) in [4.78, 5) is 24.0. The minimum Gasteiger partial charge on any atom is -0.462 e. The standard InChI is InChI=1S/C28H36NO7P/c1-8-10-22-12-14-27(35-21(6)30)25(16-22)23-13-15-26(24(17-23)11-9-2)36-37(32,18-33-7)29-20(5)28(31)34-19(3)4/h8-9,12-17,19-20H,1-2,10-11,18H2,3-7H3,(H,29,32). The number of benzene rings is 2. The van der Waals surface area contributed by atoms with Crippen molar-refractivity contribution < 1.29 is 32.9 Å². The van der Waals surface area contributed by atoms with Crippen molar-refractivity contribution in [2.24, 2.45) is 0 Å². The lowest BCUT2D eigenvalue weighted by atomic mass is 9.97. The summed E-state index contributed by atoms with van der Waals surface area (Å²) in [5, 5.41) is 2.76. The molecule has 200 valence electrons. The molecule has 0 radical (unpaired) electrons. The first-order chi connectivity index (χ1) is 17.5. The fourth-order valence-corrected chi connectivity index (χ4v) is 5.30. The van der Waals surface area contributed by atoms with E-state index in [1.807, 2.05) is 18.2 Å². The van der Waals surface area contributed by atoms with E-state index in [0.717, 1.165) is 16.7 Å². The zero-order chi connectivity index (χ0) is 27.6. The molecule has 0 aliphatic heterocycles. The summed E-state index contributed by atoms with van der Waals surface area (Å²) in [5.74, 6) is -0.213. The molecule has 2 rings (SSSR count). The average molecular weight is 530 g/mol. The van der Waals surface area contributed by atoms with Gasteiger partial charge in [-0.25, -0.2) is 5.09 Å². The summed E-state index contributed by atoms with van der Waals surface area (Å²) in [6.07, 6.45) is 3.98. The molecule has 2 atom stereocenters. The highest BCUT2D eigenvalue weighted by atomic mass is 31.2. The lowest BCUT2D eigenvalue weighted by Gasteiger charge is -2.24. The van der Waals surface area contributed by atoms with Crippen LogP contribution in [0.15, 0.2) is 61.7 Å². The van der Waals surface area contributed by atoms with E-state index in [1.54, 1.807) is 51.1 Å². The SMILES string of the molecule is C=CCc1ccc(OC(C)=O)c(-c2ccc(OP(=O)(COC)NC(C)C(=O)OC(C)C)c(CC=C)c2)c1. The van der Waals surface area contributed by atoms with Crippen LogP contribution >= 0.6 is 7.52 Å². The van der Waals surface area contributed by atoms with E-state index in [-0.39, 0.29) is 12.5 Å². The van der Waals surface area contributed by atoms with Crippen molar-refractivity contribution in [1.82, 2.24) is 5.09 Å². The van der Waals surface area contributed by atoms with E-state index >= 15 is 0 Å². The maximum Gasteiger partial charge on any atom is 0.342 e. The van der Waals surface area contributed by atoms with E-state index in [2.05, 4.69) is 18.2 Å². The molecule has 0 aliphatic rings. The van der Waals surface area contributed by atoms with Gasteiger partial charge >= 0.3 is 19.5 Å². The Kier molecular flexibility index (Phi) is 11.3. The monoisotopic (exact) mass is 529 g/mol. The molecule has 2 aromatic carbocycles. The molecule has 0 aromatic heterocycles. The van der Waals surface area contributed by atoms with Gasteiger partial charge in [-0.05, 0) is 74.6 Å². The predicted molar refractivity (Wildman–Crippen MR) is 145 cm³/mol. The van der Waals surface area contributed by atoms with E-state index in [9.17, 15) is 14.2 Å². The van der Waals surface area contributed by atoms with Gasteiger partial charge in [0.25, 0.3) is 0 Å². The van der Waals surface area contributed by atoms with Gasteiger partial charge in [-0.1, -0.05) is 24.3 Å². The third-order valence-corrected chi connectivity index (χ3v) is 6.92. The molecule has 0 aliphatic carbocycles. The molecule has 37 heavy (non-hydrogen) atoms. The van der Waals surface area contributed by atoms with Crippen molar-refractivity contribution in [2.75, 3.05) is 13.5 Å². The summed E-state index contributed by atoms with van der Waals surface area (Å²) in [7, 11) is -2.27. The molecule has 1 N–H and O–H groups in total. The molecule has 0 heterocycles. The molecule has 0 spiro atoms. The summed E-state index contributed by atoms with van der Waals surface area (Å²) >= 11 is 0. The number of methoxy groups -OCH3 is 1. The predicted octanol–water partition coefficient (Wildman–Crippen LogP) is 5.84. The van der Waals surface area contributed by atoms with Crippen LogP contribution in [0.25, 0.3) is 11.1 Å². The first kappa shape index (κ1) is 30.0. The molecule has 0 bridgehead atoms. The second-order valence-corrected chi connectivity index (χ2v) is 10.8. The first-order valence-corrected chi connectivity index (χ1v) is 13.7. The largest absolute Gasteiger partial charge is 0.462 e. The number of hydrogen-bond donors (Lipinski definition) is 1. The fraction of sp³-hybridized carbons (Fsp3) is 0.357. The Morgan fingerprint density at radius 3 is 2.30 bits per heavy atom. The van der Waals surface area contributed by atoms with Crippen LogP contribution in [0.3, 0.4) is 0 Å². The second kappa shape index (κ2) is 13.9. The van der Waals surface area contributed by atoms with Gasteiger partial charge in [0.1, 0.15) is 23.9 Å². The van der Waals surface area contributed by atoms with Crippen LogP contribution in [0.1, 0.15) is 38.8 Å². The Hall–Kier alpha value is -3.19. The quantitative estimate of drug-likeness (QED) is 0.141. The van der Waals surface area contributed by atoms with Crippen LogP contribution < -0.4 is 14.3 Å². The van der Waals surface area contributed by atoms with Crippen molar-refractivity contribution in [3.05, 3.63) is 72.8 Å². The molecular formula is C28H36NO7P. The number of nitrogens with one attached hydrogen (secondary N) is 1. The van der Waals surface area contributed by atoms with E-state index < -0.39 is 25.5 Å². The summed E-state index contributed by atoms with van der Waals surface area (Å²) in [6, 6.07) is 10.0. The van der Waals surface area contributed by atoms with E-state index in [4.69, 9.17) is 18.7 Å². The van der Waals surface area contributed by atoms with Crippen molar-refractivity contribution in [3.8, 4) is 22.6 Å². The zero-order valence-electron chi connectivity index (χ0n) is 22.1. The molecule has 8 nitrogen and oxygen atoms in total. The number of ether oxygens (including phenoxy) is 3. The van der Waals surface area contributed by atoms with Crippen molar-refractivity contribution >= 4 is 19.5 Å². The topological polar surface area (TPSA) is 100 Å². The summed E-state index contributed by atoms with van der Waals surface area (Å²) < 4.78 is 35.4. The second-order valence-electron chi connectivity index (χ2n) is 8.75. The number of carbonyl (C=O) groups excluding carboxylic acids is 2. The number of hydrogen-bond acceptors (Lipinski definition) is 7. The summed E-state index contributed by atoms with van der Waals surface area (Å²) in [5.41, 5.74) is 3.19. The fourth-order valence-electron chi connectivity index (χ4n) is 3.59. The number of rotatable bonds is 14. The van der Waals surface area contributed by atoms with Crippen molar-refractivity contribution in [3.63, 3.8) is 0 Å². The van der Waals surface area contributed by atoms with E-state index in [0.29, 0.717) is 29.9 Å². The zero-order valence-corrected chi connectivity index (χ0v) is 23.0. The van der Waals surface area contributed by atoms with Crippen LogP contribution in [0.4, 0.5) is 0 Å².